The fourth-order valence-electron chi connectivity index (χ4n) is 4.42. The molecule has 4 rings (SSSR count). The number of pyridine rings is 2. The van der Waals surface area contributed by atoms with Crippen molar-refractivity contribution in [3.8, 4) is 11.3 Å². The van der Waals surface area contributed by atoms with Crippen molar-refractivity contribution in [1.82, 2.24) is 15.3 Å². The largest absolute Gasteiger partial charge is 0.434 e. The first kappa shape index (κ1) is 24.2. The van der Waals surface area contributed by atoms with E-state index in [9.17, 15) is 23.1 Å². The number of alkyl halides is 3. The second kappa shape index (κ2) is 9.72. The van der Waals surface area contributed by atoms with Crippen molar-refractivity contribution >= 4 is 17.5 Å². The first-order valence-electron chi connectivity index (χ1n) is 11.0. The summed E-state index contributed by atoms with van der Waals surface area (Å²) in [7, 11) is 0. The standard InChI is InChI=1S/C25H23ClF3N3O2/c26-20-18(10-14-31-22(20)25(27,28)29)23(33)32-21(24(34)11-3-1-4-12-24)17-8-6-7-16(15-17)19-9-2-5-13-30-19/h2,5-10,13-15,21,34H,1,3-4,11-12H2,(H,32,33). The lowest BCUT2D eigenvalue weighted by Crippen LogP contribution is -2.47. The van der Waals surface area contributed by atoms with Gasteiger partial charge >= 0.3 is 6.18 Å². The summed E-state index contributed by atoms with van der Waals surface area (Å²) in [6, 6.07) is 13.0. The molecule has 1 aliphatic rings. The third-order valence-electron chi connectivity index (χ3n) is 6.12. The quantitative estimate of drug-likeness (QED) is 0.462. The zero-order chi connectivity index (χ0) is 24.3. The molecule has 2 aromatic heterocycles. The number of aliphatic hydroxyl groups is 1. The number of hydrogen-bond acceptors (Lipinski definition) is 4. The molecule has 3 aromatic rings. The Labute approximate surface area is 200 Å². The Morgan fingerprint density at radius 3 is 2.47 bits per heavy atom. The Balaban J connectivity index is 1.72. The van der Waals surface area contributed by atoms with Crippen molar-refractivity contribution in [2.75, 3.05) is 0 Å². The molecule has 9 heteroatoms. The van der Waals surface area contributed by atoms with Crippen LogP contribution in [-0.4, -0.2) is 26.6 Å². The molecule has 2 heterocycles. The molecule has 2 N–H and O–H groups in total. The minimum absolute atomic E-state index is 0.353. The van der Waals surface area contributed by atoms with Crippen molar-refractivity contribution in [2.24, 2.45) is 0 Å². The van der Waals surface area contributed by atoms with Crippen LogP contribution < -0.4 is 5.32 Å². The van der Waals surface area contributed by atoms with E-state index in [-0.39, 0.29) is 5.56 Å². The van der Waals surface area contributed by atoms with Gasteiger partial charge in [-0.25, -0.2) is 0 Å². The molecule has 34 heavy (non-hydrogen) atoms. The number of amides is 1. The maximum absolute atomic E-state index is 13.3. The van der Waals surface area contributed by atoms with E-state index in [2.05, 4.69) is 15.3 Å². The van der Waals surface area contributed by atoms with Crippen LogP contribution in [0, 0.1) is 0 Å². The number of nitrogens with zero attached hydrogens (tertiary/aromatic N) is 2. The molecule has 5 nitrogen and oxygen atoms in total. The van der Waals surface area contributed by atoms with Gasteiger partial charge < -0.3 is 10.4 Å². The maximum Gasteiger partial charge on any atom is 0.434 e. The summed E-state index contributed by atoms with van der Waals surface area (Å²) in [5.74, 6) is -0.815. The maximum atomic E-state index is 13.3. The SMILES string of the molecule is O=C(NC(c1cccc(-c2ccccn2)c1)C1(O)CCCCC1)c1ccnc(C(F)(F)F)c1Cl. The van der Waals surface area contributed by atoms with Crippen molar-refractivity contribution in [2.45, 2.75) is 49.9 Å². The fourth-order valence-corrected chi connectivity index (χ4v) is 4.72. The number of nitrogens with one attached hydrogen (secondary N) is 1. The lowest BCUT2D eigenvalue weighted by molar-refractivity contribution is -0.141. The predicted octanol–water partition coefficient (Wildman–Crippen LogP) is 5.98. The lowest BCUT2D eigenvalue weighted by atomic mass is 9.76. The van der Waals surface area contributed by atoms with Crippen LogP contribution in [0.15, 0.2) is 60.9 Å². The van der Waals surface area contributed by atoms with Crippen LogP contribution in [-0.2, 0) is 6.18 Å². The van der Waals surface area contributed by atoms with E-state index < -0.39 is 34.4 Å². The highest BCUT2D eigenvalue weighted by atomic mass is 35.5. The minimum Gasteiger partial charge on any atom is -0.387 e. The van der Waals surface area contributed by atoms with Crippen molar-refractivity contribution in [3.63, 3.8) is 0 Å². The second-order valence-corrected chi connectivity index (χ2v) is 8.81. The van der Waals surface area contributed by atoms with Gasteiger partial charge in [0.2, 0.25) is 0 Å². The molecular formula is C25H23ClF3N3O2. The highest BCUT2D eigenvalue weighted by Gasteiger charge is 2.41. The molecule has 1 aliphatic carbocycles. The van der Waals surface area contributed by atoms with Gasteiger partial charge in [0.05, 0.1) is 27.9 Å². The van der Waals surface area contributed by atoms with E-state index in [1.165, 1.54) is 0 Å². The van der Waals surface area contributed by atoms with Crippen LogP contribution in [0.2, 0.25) is 5.02 Å². The molecular weight excluding hydrogens is 467 g/mol. The number of carbonyl (C=O) groups excluding carboxylic acids is 1. The van der Waals surface area contributed by atoms with Gasteiger partial charge in [-0.15, -0.1) is 0 Å². The normalized spacial score (nSPS) is 16.6. The fraction of sp³-hybridized carbons (Fsp3) is 0.320. The molecule has 0 bridgehead atoms. The van der Waals surface area contributed by atoms with Crippen LogP contribution in [0.5, 0.6) is 0 Å². The summed E-state index contributed by atoms with van der Waals surface area (Å²) in [6.07, 6.45) is 1.17. The van der Waals surface area contributed by atoms with Gasteiger partial charge in [0.25, 0.3) is 5.91 Å². The molecule has 1 saturated carbocycles. The molecule has 0 aliphatic heterocycles. The van der Waals surface area contributed by atoms with Crippen molar-refractivity contribution < 1.29 is 23.1 Å². The first-order valence-corrected chi connectivity index (χ1v) is 11.3. The van der Waals surface area contributed by atoms with Crippen LogP contribution in [0.3, 0.4) is 0 Å². The average molecular weight is 490 g/mol. The number of halogens is 4. The van der Waals surface area contributed by atoms with Crippen LogP contribution in [0.1, 0.15) is 59.8 Å². The van der Waals surface area contributed by atoms with E-state index in [1.54, 1.807) is 24.4 Å². The van der Waals surface area contributed by atoms with Gasteiger partial charge in [-0.3, -0.25) is 14.8 Å². The zero-order valence-corrected chi connectivity index (χ0v) is 18.9. The minimum atomic E-state index is -4.80. The van der Waals surface area contributed by atoms with Gasteiger partial charge in [-0.05, 0) is 42.7 Å². The molecule has 0 saturated heterocycles. The zero-order valence-electron chi connectivity index (χ0n) is 18.1. The lowest BCUT2D eigenvalue weighted by Gasteiger charge is -2.40. The molecule has 1 atom stereocenters. The molecule has 0 spiro atoms. The molecule has 1 unspecified atom stereocenters. The number of carbonyl (C=O) groups is 1. The summed E-state index contributed by atoms with van der Waals surface area (Å²) in [4.78, 5) is 20.8. The van der Waals surface area contributed by atoms with E-state index in [1.807, 2.05) is 24.3 Å². The molecule has 1 aromatic carbocycles. The Hall–Kier alpha value is -2.97. The van der Waals surface area contributed by atoms with Crippen LogP contribution >= 0.6 is 11.6 Å². The second-order valence-electron chi connectivity index (χ2n) is 8.43. The summed E-state index contributed by atoms with van der Waals surface area (Å²) >= 11 is 5.93. The topological polar surface area (TPSA) is 75.1 Å². The summed E-state index contributed by atoms with van der Waals surface area (Å²) in [6.45, 7) is 0. The molecule has 1 fully saturated rings. The predicted molar refractivity (Wildman–Crippen MR) is 122 cm³/mol. The van der Waals surface area contributed by atoms with Crippen LogP contribution in [0.4, 0.5) is 13.2 Å². The molecule has 178 valence electrons. The number of rotatable bonds is 5. The summed E-state index contributed by atoms with van der Waals surface area (Å²) < 4.78 is 39.8. The monoisotopic (exact) mass is 489 g/mol. The van der Waals surface area contributed by atoms with Gasteiger partial charge in [0.1, 0.15) is 0 Å². The Kier molecular flexibility index (Phi) is 6.91. The van der Waals surface area contributed by atoms with Gasteiger partial charge in [0, 0.05) is 18.0 Å². The highest BCUT2D eigenvalue weighted by Crippen LogP contribution is 2.40. The number of aromatic nitrogens is 2. The highest BCUT2D eigenvalue weighted by molar-refractivity contribution is 6.34. The van der Waals surface area contributed by atoms with E-state index in [0.29, 0.717) is 18.4 Å². The van der Waals surface area contributed by atoms with Gasteiger partial charge in [-0.1, -0.05) is 55.1 Å². The molecule has 0 radical (unpaired) electrons. The number of benzene rings is 1. The van der Waals surface area contributed by atoms with Crippen molar-refractivity contribution in [1.29, 1.82) is 0 Å². The van der Waals surface area contributed by atoms with E-state index in [0.717, 1.165) is 42.8 Å². The van der Waals surface area contributed by atoms with Gasteiger partial charge in [-0.2, -0.15) is 13.2 Å². The van der Waals surface area contributed by atoms with Crippen molar-refractivity contribution in [3.05, 3.63) is 82.8 Å². The third-order valence-corrected chi connectivity index (χ3v) is 6.50. The third kappa shape index (κ3) is 5.08. The summed E-state index contributed by atoms with van der Waals surface area (Å²) in [5, 5.41) is 13.5. The smallest absolute Gasteiger partial charge is 0.387 e. The Morgan fingerprint density at radius 2 is 1.79 bits per heavy atom. The van der Waals surface area contributed by atoms with E-state index >= 15 is 0 Å². The summed E-state index contributed by atoms with van der Waals surface area (Å²) in [5.41, 5.74) is -0.804. The van der Waals surface area contributed by atoms with Crippen LogP contribution in [0.25, 0.3) is 11.3 Å². The van der Waals surface area contributed by atoms with E-state index in [4.69, 9.17) is 11.6 Å². The van der Waals surface area contributed by atoms with Gasteiger partial charge in [0.15, 0.2) is 5.69 Å². The Bertz CT molecular complexity index is 1170. The molecule has 1 amide bonds. The number of hydrogen-bond donors (Lipinski definition) is 2. The average Bonchev–Trinajstić information content (AvgIpc) is 2.83. The Morgan fingerprint density at radius 1 is 1.03 bits per heavy atom. The first-order chi connectivity index (χ1) is 16.2.